The summed E-state index contributed by atoms with van der Waals surface area (Å²) in [6.45, 7) is 3.64. The number of carbonyl (C=O) groups excluding carboxylic acids is 3. The third kappa shape index (κ3) is 4.41. The predicted octanol–water partition coefficient (Wildman–Crippen LogP) is -0.654. The van der Waals surface area contributed by atoms with Gasteiger partial charge in [0.05, 0.1) is 5.56 Å². The fraction of sp³-hybridized carbons (Fsp3) is 0.533. The zero-order valence-corrected chi connectivity index (χ0v) is 13.9. The molecule has 136 valence electrons. The molecule has 0 saturated carbocycles. The molecule has 0 unspecified atom stereocenters. The number of hydrogen-bond donors (Lipinski definition) is 2. The number of carbonyl (C=O) groups is 3. The second-order valence-electron chi connectivity index (χ2n) is 5.68. The lowest BCUT2D eigenvalue weighted by Crippen LogP contribution is -2.39. The molecule has 2 N–H and O–H groups in total. The van der Waals surface area contributed by atoms with Gasteiger partial charge in [0.25, 0.3) is 5.56 Å². The molecule has 2 rings (SSSR count). The summed E-state index contributed by atoms with van der Waals surface area (Å²) in [5.74, 6) is -1.57. The van der Waals surface area contributed by atoms with E-state index in [1.807, 2.05) is 4.98 Å². The van der Waals surface area contributed by atoms with E-state index in [9.17, 15) is 24.0 Å². The highest BCUT2D eigenvalue weighted by Gasteiger charge is 2.50. The summed E-state index contributed by atoms with van der Waals surface area (Å²) in [4.78, 5) is 61.9. The summed E-state index contributed by atoms with van der Waals surface area (Å²) in [6, 6.07) is 0. The van der Waals surface area contributed by atoms with Crippen LogP contribution >= 0.6 is 0 Å². The van der Waals surface area contributed by atoms with Crippen molar-refractivity contribution >= 4 is 17.7 Å². The van der Waals surface area contributed by atoms with Crippen LogP contribution in [-0.2, 0) is 28.6 Å². The van der Waals surface area contributed by atoms with Crippen molar-refractivity contribution in [3.63, 3.8) is 0 Å². The zero-order valence-electron chi connectivity index (χ0n) is 13.9. The summed E-state index contributed by atoms with van der Waals surface area (Å²) in [6.07, 6.45) is -3.20. The zero-order chi connectivity index (χ0) is 18.7. The Labute approximate surface area is 141 Å². The Hall–Kier alpha value is -2.75. The van der Waals surface area contributed by atoms with Crippen LogP contribution in [-0.4, -0.2) is 46.0 Å². The van der Waals surface area contributed by atoms with Gasteiger partial charge >= 0.3 is 17.6 Å². The topological polar surface area (TPSA) is 145 Å². The molecule has 1 aliphatic heterocycles. The van der Waals surface area contributed by atoms with Crippen LogP contribution in [0.4, 0.5) is 0 Å². The van der Waals surface area contributed by atoms with Crippen LogP contribution < -0.4 is 11.2 Å². The lowest BCUT2D eigenvalue weighted by molar-refractivity contribution is -0.164. The Morgan fingerprint density at radius 1 is 1.08 bits per heavy atom. The molecule has 0 spiro atoms. The molecule has 2 heterocycles. The molecule has 25 heavy (non-hydrogen) atoms. The Kier molecular flexibility index (Phi) is 5.52. The van der Waals surface area contributed by atoms with Crippen molar-refractivity contribution in [1.82, 2.24) is 9.97 Å². The van der Waals surface area contributed by atoms with Gasteiger partial charge in [-0.3, -0.25) is 24.2 Å². The van der Waals surface area contributed by atoms with Gasteiger partial charge < -0.3 is 19.2 Å². The molecule has 0 bridgehead atoms. The number of esters is 2. The van der Waals surface area contributed by atoms with Crippen LogP contribution in [0.15, 0.2) is 15.8 Å². The number of Topliss-reactive ketones (excluding diaryl/α,β-unsaturated/α-hetero) is 1. The molecule has 0 aliphatic carbocycles. The number of ether oxygens (including phenoxy) is 3. The number of ketones is 1. The Morgan fingerprint density at radius 2 is 1.68 bits per heavy atom. The van der Waals surface area contributed by atoms with Crippen molar-refractivity contribution in [1.29, 1.82) is 0 Å². The van der Waals surface area contributed by atoms with Crippen molar-refractivity contribution in [3.05, 3.63) is 32.6 Å². The van der Waals surface area contributed by atoms with E-state index in [-0.39, 0.29) is 17.8 Å². The molecular weight excluding hydrogens is 336 g/mol. The van der Waals surface area contributed by atoms with E-state index >= 15 is 0 Å². The third-order valence-electron chi connectivity index (χ3n) is 3.56. The minimum Gasteiger partial charge on any atom is -0.456 e. The molecule has 0 radical (unpaired) electrons. The SMILES string of the molecule is CC(=O)C[C@H]1O[C@@H](c2c[nH]c(=O)[nH]c2=O)[C@H](OC(C)=O)[C@@H]1OC(C)=O. The number of hydrogen-bond acceptors (Lipinski definition) is 8. The van der Waals surface area contributed by atoms with Gasteiger partial charge in [-0.2, -0.15) is 0 Å². The van der Waals surface area contributed by atoms with Gasteiger partial charge in [0, 0.05) is 26.5 Å². The summed E-state index contributed by atoms with van der Waals surface area (Å²) in [7, 11) is 0. The first-order valence-electron chi connectivity index (χ1n) is 7.50. The molecule has 4 atom stereocenters. The molecule has 10 heteroatoms. The quantitative estimate of drug-likeness (QED) is 0.663. The summed E-state index contributed by atoms with van der Waals surface area (Å²) in [5.41, 5.74) is -1.47. The average molecular weight is 354 g/mol. The van der Waals surface area contributed by atoms with Gasteiger partial charge in [0.1, 0.15) is 18.0 Å². The van der Waals surface area contributed by atoms with E-state index in [4.69, 9.17) is 14.2 Å². The highest BCUT2D eigenvalue weighted by atomic mass is 16.6. The van der Waals surface area contributed by atoms with Crippen molar-refractivity contribution in [2.24, 2.45) is 0 Å². The van der Waals surface area contributed by atoms with Gasteiger partial charge in [-0.05, 0) is 6.92 Å². The largest absolute Gasteiger partial charge is 0.456 e. The molecular formula is C15H18N2O8. The lowest BCUT2D eigenvalue weighted by atomic mass is 10.0. The van der Waals surface area contributed by atoms with Crippen LogP contribution in [0.3, 0.4) is 0 Å². The number of nitrogens with one attached hydrogen (secondary N) is 2. The van der Waals surface area contributed by atoms with Crippen molar-refractivity contribution < 1.29 is 28.6 Å². The highest BCUT2D eigenvalue weighted by Crippen LogP contribution is 2.37. The van der Waals surface area contributed by atoms with Crippen LogP contribution in [0.25, 0.3) is 0 Å². The van der Waals surface area contributed by atoms with Crippen molar-refractivity contribution in [3.8, 4) is 0 Å². The maximum atomic E-state index is 12.0. The first-order chi connectivity index (χ1) is 11.7. The van der Waals surface area contributed by atoms with Crippen LogP contribution in [0.1, 0.15) is 38.9 Å². The minimum atomic E-state index is -1.14. The fourth-order valence-corrected chi connectivity index (χ4v) is 2.71. The normalized spacial score (nSPS) is 25.4. The Balaban J connectivity index is 2.46. The molecule has 0 amide bonds. The second kappa shape index (κ2) is 7.43. The molecule has 1 aliphatic rings. The standard InChI is InChI=1S/C15H18N2O8/c1-6(18)4-10-12(23-7(2)19)13(24-8(3)20)11(25-10)9-5-16-15(22)17-14(9)21/h5,10-13H,4H2,1-3H3,(H2,16,17,21,22)/t10-,11+,12-,13+/m1/s1. The number of rotatable bonds is 5. The summed E-state index contributed by atoms with van der Waals surface area (Å²) < 4.78 is 16.1. The Morgan fingerprint density at radius 3 is 2.20 bits per heavy atom. The van der Waals surface area contributed by atoms with Crippen LogP contribution in [0.2, 0.25) is 0 Å². The molecule has 1 saturated heterocycles. The monoisotopic (exact) mass is 354 g/mol. The fourth-order valence-electron chi connectivity index (χ4n) is 2.71. The van der Waals surface area contributed by atoms with Gasteiger partial charge in [-0.25, -0.2) is 4.79 Å². The van der Waals surface area contributed by atoms with E-state index in [1.165, 1.54) is 6.92 Å². The summed E-state index contributed by atoms with van der Waals surface area (Å²) in [5, 5.41) is 0. The average Bonchev–Trinajstić information content (AvgIpc) is 2.75. The first kappa shape index (κ1) is 18.6. The lowest BCUT2D eigenvalue weighted by Gasteiger charge is -2.23. The van der Waals surface area contributed by atoms with Gasteiger partial charge in [0.2, 0.25) is 0 Å². The number of aromatic amines is 2. The van der Waals surface area contributed by atoms with E-state index in [0.717, 1.165) is 20.0 Å². The smallest absolute Gasteiger partial charge is 0.325 e. The molecule has 0 aromatic carbocycles. The van der Waals surface area contributed by atoms with Gasteiger partial charge in [-0.1, -0.05) is 0 Å². The van der Waals surface area contributed by atoms with Crippen molar-refractivity contribution in [2.75, 3.05) is 0 Å². The predicted molar refractivity (Wildman–Crippen MR) is 81.7 cm³/mol. The van der Waals surface area contributed by atoms with Crippen molar-refractivity contribution in [2.45, 2.75) is 51.6 Å². The van der Waals surface area contributed by atoms with Crippen LogP contribution in [0, 0.1) is 0 Å². The van der Waals surface area contributed by atoms with E-state index < -0.39 is 47.6 Å². The second-order valence-corrected chi connectivity index (χ2v) is 5.68. The maximum absolute atomic E-state index is 12.0. The van der Waals surface area contributed by atoms with Gasteiger partial charge in [0.15, 0.2) is 12.2 Å². The molecule has 1 aromatic rings. The minimum absolute atomic E-state index is 0.0194. The molecule has 10 nitrogen and oxygen atoms in total. The Bertz CT molecular complexity index is 795. The van der Waals surface area contributed by atoms with E-state index in [2.05, 4.69) is 4.98 Å². The number of H-pyrrole nitrogens is 2. The maximum Gasteiger partial charge on any atom is 0.325 e. The molecule has 1 fully saturated rings. The van der Waals surface area contributed by atoms with Gasteiger partial charge in [-0.15, -0.1) is 0 Å². The third-order valence-corrected chi connectivity index (χ3v) is 3.56. The van der Waals surface area contributed by atoms with Crippen LogP contribution in [0.5, 0.6) is 0 Å². The molecule has 1 aromatic heterocycles. The number of aromatic nitrogens is 2. The van der Waals surface area contributed by atoms with E-state index in [0.29, 0.717) is 0 Å². The highest BCUT2D eigenvalue weighted by molar-refractivity contribution is 5.76. The van der Waals surface area contributed by atoms with E-state index in [1.54, 1.807) is 0 Å². The first-order valence-corrected chi connectivity index (χ1v) is 7.50. The summed E-state index contributed by atoms with van der Waals surface area (Å²) >= 11 is 0.